The van der Waals surface area contributed by atoms with Gasteiger partial charge in [0.15, 0.2) is 5.69 Å². The number of hydrogen-bond donors (Lipinski definition) is 1. The van der Waals surface area contributed by atoms with Gasteiger partial charge in [-0.2, -0.15) is 0 Å². The molecule has 3 rings (SSSR count). The highest BCUT2D eigenvalue weighted by molar-refractivity contribution is 5.84. The van der Waals surface area contributed by atoms with Gasteiger partial charge in [-0.3, -0.25) is 9.58 Å². The second-order valence-electron chi connectivity index (χ2n) is 5.96. The van der Waals surface area contributed by atoms with Crippen LogP contribution in [0.5, 0.6) is 0 Å². The maximum absolute atomic E-state index is 10.8. The first-order valence-electron chi connectivity index (χ1n) is 7.61. The fourth-order valence-corrected chi connectivity index (χ4v) is 3.74. The van der Waals surface area contributed by atoms with Gasteiger partial charge < -0.3 is 5.11 Å². The predicted molar refractivity (Wildman–Crippen MR) is 73.5 cm³/mol. The largest absolute Gasteiger partial charge is 0.476 e. The Hall–Kier alpha value is -1.43. The Balaban J connectivity index is 1.55. The maximum Gasteiger partial charge on any atom is 0.358 e. The summed E-state index contributed by atoms with van der Waals surface area (Å²) >= 11 is 0. The van der Waals surface area contributed by atoms with Gasteiger partial charge in [-0.05, 0) is 38.1 Å². The Kier molecular flexibility index (Phi) is 4.00. The molecule has 0 aromatic carbocycles. The molecule has 0 radical (unpaired) electrons. The van der Waals surface area contributed by atoms with Crippen LogP contribution in [0, 0.1) is 5.92 Å². The van der Waals surface area contributed by atoms with E-state index in [4.69, 9.17) is 5.11 Å². The minimum absolute atomic E-state index is 0.0266. The fourth-order valence-electron chi connectivity index (χ4n) is 3.74. The molecule has 1 N–H and O–H groups in total. The van der Waals surface area contributed by atoms with Crippen molar-refractivity contribution >= 4 is 5.97 Å². The third kappa shape index (κ3) is 2.85. The van der Waals surface area contributed by atoms with E-state index in [0.717, 1.165) is 25.0 Å². The fraction of sp³-hybridized carbons (Fsp3) is 0.786. The number of aromatic carboxylic acids is 1. The minimum atomic E-state index is -1.01. The van der Waals surface area contributed by atoms with E-state index in [-0.39, 0.29) is 5.69 Å². The van der Waals surface area contributed by atoms with Crippen LogP contribution in [0.15, 0.2) is 6.20 Å². The van der Waals surface area contributed by atoms with Gasteiger partial charge in [0, 0.05) is 12.6 Å². The second-order valence-corrected chi connectivity index (χ2v) is 5.96. The van der Waals surface area contributed by atoms with Gasteiger partial charge in [0.05, 0.1) is 12.7 Å². The van der Waals surface area contributed by atoms with E-state index in [9.17, 15) is 4.79 Å². The molecule has 2 fully saturated rings. The van der Waals surface area contributed by atoms with E-state index >= 15 is 0 Å². The predicted octanol–water partition coefficient (Wildman–Crippen LogP) is 1.63. The number of nitrogens with zero attached hydrogens (tertiary/aromatic N) is 4. The highest BCUT2D eigenvalue weighted by Gasteiger charge is 2.32. The van der Waals surface area contributed by atoms with Crippen LogP contribution in [0.25, 0.3) is 0 Å². The Morgan fingerprint density at radius 2 is 2.05 bits per heavy atom. The van der Waals surface area contributed by atoms with Crippen molar-refractivity contribution in [2.45, 2.75) is 51.1 Å². The first-order valence-corrected chi connectivity index (χ1v) is 7.61. The summed E-state index contributed by atoms with van der Waals surface area (Å²) in [6, 6.07) is 0.736. The summed E-state index contributed by atoms with van der Waals surface area (Å²) < 4.78 is 1.65. The lowest BCUT2D eigenvalue weighted by Crippen LogP contribution is -2.36. The van der Waals surface area contributed by atoms with Crippen LogP contribution in [0.1, 0.15) is 49.0 Å². The van der Waals surface area contributed by atoms with Crippen molar-refractivity contribution in [2.24, 2.45) is 5.92 Å². The first-order chi connectivity index (χ1) is 9.74. The Morgan fingerprint density at radius 3 is 2.75 bits per heavy atom. The van der Waals surface area contributed by atoms with E-state index in [2.05, 4.69) is 15.2 Å². The number of carboxylic acid groups (broad SMARTS) is 1. The van der Waals surface area contributed by atoms with E-state index in [1.807, 2.05) is 0 Å². The number of carboxylic acids is 1. The molecule has 1 saturated heterocycles. The lowest BCUT2D eigenvalue weighted by molar-refractivity contribution is 0.0690. The van der Waals surface area contributed by atoms with Gasteiger partial charge >= 0.3 is 5.97 Å². The van der Waals surface area contributed by atoms with Crippen LogP contribution < -0.4 is 0 Å². The third-order valence-corrected chi connectivity index (χ3v) is 4.73. The van der Waals surface area contributed by atoms with E-state index in [0.29, 0.717) is 0 Å². The molecule has 0 spiro atoms. The molecular weight excluding hydrogens is 256 g/mol. The number of carbonyl (C=O) groups is 1. The van der Waals surface area contributed by atoms with Crippen LogP contribution in [-0.4, -0.2) is 50.1 Å². The van der Waals surface area contributed by atoms with E-state index < -0.39 is 5.97 Å². The third-order valence-electron chi connectivity index (χ3n) is 4.73. The molecule has 20 heavy (non-hydrogen) atoms. The Bertz CT molecular complexity index is 467. The molecule has 1 unspecified atom stereocenters. The number of rotatable bonds is 5. The van der Waals surface area contributed by atoms with Crippen LogP contribution in [0.2, 0.25) is 0 Å². The number of hydrogen-bond acceptors (Lipinski definition) is 4. The summed E-state index contributed by atoms with van der Waals surface area (Å²) in [5, 5.41) is 16.4. The molecule has 1 atom stereocenters. The first kappa shape index (κ1) is 13.5. The molecule has 6 nitrogen and oxygen atoms in total. The Morgan fingerprint density at radius 1 is 1.25 bits per heavy atom. The summed E-state index contributed by atoms with van der Waals surface area (Å²) in [4.78, 5) is 13.3. The van der Waals surface area contributed by atoms with Crippen molar-refractivity contribution in [3.63, 3.8) is 0 Å². The van der Waals surface area contributed by atoms with Gasteiger partial charge in [-0.25, -0.2) is 4.79 Å². The lowest BCUT2D eigenvalue weighted by atomic mass is 9.96. The van der Waals surface area contributed by atoms with E-state index in [1.165, 1.54) is 51.3 Å². The van der Waals surface area contributed by atoms with Gasteiger partial charge in [0.1, 0.15) is 0 Å². The maximum atomic E-state index is 10.8. The molecule has 1 saturated carbocycles. The average Bonchev–Trinajstić information content (AvgIpc) is 3.17. The molecule has 2 aliphatic rings. The van der Waals surface area contributed by atoms with Gasteiger partial charge in [0.25, 0.3) is 0 Å². The van der Waals surface area contributed by atoms with Crippen molar-refractivity contribution in [3.8, 4) is 0 Å². The highest BCUT2D eigenvalue weighted by atomic mass is 16.4. The molecule has 1 aliphatic heterocycles. The topological polar surface area (TPSA) is 71.2 Å². The molecule has 0 bridgehead atoms. The zero-order chi connectivity index (χ0) is 13.9. The smallest absolute Gasteiger partial charge is 0.358 e. The minimum Gasteiger partial charge on any atom is -0.476 e. The summed E-state index contributed by atoms with van der Waals surface area (Å²) in [5.41, 5.74) is 0.0266. The highest BCUT2D eigenvalue weighted by Crippen LogP contribution is 2.35. The van der Waals surface area contributed by atoms with Crippen molar-refractivity contribution in [2.75, 3.05) is 13.1 Å². The van der Waals surface area contributed by atoms with Gasteiger partial charge in [-0.15, -0.1) is 5.10 Å². The molecule has 6 heteroatoms. The zero-order valence-electron chi connectivity index (χ0n) is 11.7. The normalized spacial score (nSPS) is 24.5. The standard InChI is InChI=1S/C14H22N4O2/c19-14(20)12-10-18(16-15-12)9-8-17-7-3-6-13(17)11-4-1-2-5-11/h10-11,13H,1-9H2,(H,19,20). The quantitative estimate of drug-likeness (QED) is 0.886. The Labute approximate surface area is 118 Å². The lowest BCUT2D eigenvalue weighted by Gasteiger charge is -2.29. The van der Waals surface area contributed by atoms with Crippen LogP contribution >= 0.6 is 0 Å². The molecular formula is C14H22N4O2. The monoisotopic (exact) mass is 278 g/mol. The zero-order valence-corrected chi connectivity index (χ0v) is 11.7. The molecule has 1 aromatic heterocycles. The second kappa shape index (κ2) is 5.91. The average molecular weight is 278 g/mol. The van der Waals surface area contributed by atoms with Crippen molar-refractivity contribution in [1.29, 1.82) is 0 Å². The molecule has 110 valence electrons. The summed E-state index contributed by atoms with van der Waals surface area (Å²) in [5.74, 6) is -0.135. The van der Waals surface area contributed by atoms with Crippen LogP contribution in [-0.2, 0) is 6.54 Å². The van der Waals surface area contributed by atoms with E-state index in [1.54, 1.807) is 4.68 Å². The van der Waals surface area contributed by atoms with Crippen molar-refractivity contribution < 1.29 is 9.90 Å². The van der Waals surface area contributed by atoms with Crippen LogP contribution in [0.3, 0.4) is 0 Å². The van der Waals surface area contributed by atoms with Crippen molar-refractivity contribution in [1.82, 2.24) is 19.9 Å². The number of likely N-dealkylation sites (tertiary alicyclic amines) is 1. The molecule has 2 heterocycles. The summed E-state index contributed by atoms with van der Waals surface area (Å²) in [6.07, 6.45) is 9.67. The van der Waals surface area contributed by atoms with Gasteiger partial charge in [-0.1, -0.05) is 18.1 Å². The van der Waals surface area contributed by atoms with Crippen molar-refractivity contribution in [3.05, 3.63) is 11.9 Å². The molecule has 0 amide bonds. The van der Waals surface area contributed by atoms with Crippen LogP contribution in [0.4, 0.5) is 0 Å². The molecule has 1 aromatic rings. The SMILES string of the molecule is O=C(O)c1cn(CCN2CCCC2C2CCCC2)nn1. The summed E-state index contributed by atoms with van der Waals surface area (Å²) in [7, 11) is 0. The summed E-state index contributed by atoms with van der Waals surface area (Å²) in [6.45, 7) is 2.84. The van der Waals surface area contributed by atoms with Gasteiger partial charge in [0.2, 0.25) is 0 Å². The number of aromatic nitrogens is 3. The molecule has 1 aliphatic carbocycles.